The third-order valence-electron chi connectivity index (χ3n) is 4.51. The van der Waals surface area contributed by atoms with Gasteiger partial charge in [-0.25, -0.2) is 18.5 Å². The lowest BCUT2D eigenvalue weighted by molar-refractivity contribution is 0.196. The number of rotatable bonds is 5. The van der Waals surface area contributed by atoms with Crippen molar-refractivity contribution >= 4 is 36.7 Å². The number of aliphatic hydroxyl groups excluding tert-OH is 1. The molecule has 0 aliphatic rings. The van der Waals surface area contributed by atoms with E-state index in [0.29, 0.717) is 22.8 Å². The van der Waals surface area contributed by atoms with Crippen LogP contribution in [0.1, 0.15) is 35.3 Å². The third kappa shape index (κ3) is 3.77. The first-order valence-electron chi connectivity index (χ1n) is 8.25. The van der Waals surface area contributed by atoms with E-state index in [1.807, 2.05) is 6.92 Å². The van der Waals surface area contributed by atoms with Gasteiger partial charge >= 0.3 is 0 Å². The molecule has 0 radical (unpaired) electrons. The molecule has 9 heteroatoms. The second-order valence-electron chi connectivity index (χ2n) is 6.43. The molecule has 0 bridgehead atoms. The van der Waals surface area contributed by atoms with Crippen LogP contribution in [-0.2, 0) is 16.6 Å². The highest BCUT2D eigenvalue weighted by Crippen LogP contribution is 2.41. The van der Waals surface area contributed by atoms with Gasteiger partial charge in [-0.3, -0.25) is 0 Å². The van der Waals surface area contributed by atoms with Crippen molar-refractivity contribution in [1.29, 1.82) is 0 Å². The van der Waals surface area contributed by atoms with Crippen molar-refractivity contribution in [2.75, 3.05) is 5.32 Å². The van der Waals surface area contributed by atoms with E-state index in [4.69, 9.17) is 5.14 Å². The summed E-state index contributed by atoms with van der Waals surface area (Å²) in [4.78, 5) is 4.66. The number of hydrogen-bond acceptors (Lipinski definition) is 7. The Balaban J connectivity index is 1.90. The highest BCUT2D eigenvalue weighted by atomic mass is 32.2. The fourth-order valence-electron chi connectivity index (χ4n) is 2.86. The lowest BCUT2D eigenvalue weighted by atomic mass is 10.00. The van der Waals surface area contributed by atoms with Gasteiger partial charge in [-0.1, -0.05) is 23.5 Å². The monoisotopic (exact) mass is 407 g/mol. The maximum Gasteiger partial charge on any atom is 0.238 e. The Hall–Kier alpha value is -2.20. The Bertz CT molecular complexity index is 1100. The summed E-state index contributed by atoms with van der Waals surface area (Å²) in [6, 6.07) is 6.29. The van der Waals surface area contributed by atoms with E-state index in [2.05, 4.69) is 10.3 Å². The maximum absolute atomic E-state index is 11.3. The van der Waals surface area contributed by atoms with Crippen molar-refractivity contribution in [3.8, 4) is 5.75 Å². The van der Waals surface area contributed by atoms with Crippen molar-refractivity contribution in [1.82, 2.24) is 4.98 Å². The zero-order valence-electron chi connectivity index (χ0n) is 15.1. The number of phenolic OH excluding ortho intramolecular Hbond substituents is 1. The summed E-state index contributed by atoms with van der Waals surface area (Å²) in [6.45, 7) is 5.75. The fourth-order valence-corrected chi connectivity index (χ4v) is 4.52. The van der Waals surface area contributed by atoms with Crippen molar-refractivity contribution in [3.63, 3.8) is 0 Å². The molecule has 144 valence electrons. The summed E-state index contributed by atoms with van der Waals surface area (Å²) in [5, 5.41) is 29.4. The number of aromatic hydroxyl groups is 1. The van der Waals surface area contributed by atoms with Crippen LogP contribution in [0.25, 0.3) is 10.2 Å². The number of nitrogens with two attached hydrogens (primary N) is 1. The molecular formula is C18H21N3O4S2. The Morgan fingerprint density at radius 3 is 2.41 bits per heavy atom. The Labute approximate surface area is 161 Å². The smallest absolute Gasteiger partial charge is 0.238 e. The molecule has 1 aromatic heterocycles. The van der Waals surface area contributed by atoms with Crippen LogP contribution in [0.5, 0.6) is 5.75 Å². The Morgan fingerprint density at radius 1 is 1.22 bits per heavy atom. The van der Waals surface area contributed by atoms with Gasteiger partial charge in [0, 0.05) is 12.1 Å². The molecule has 1 atom stereocenters. The van der Waals surface area contributed by atoms with Crippen LogP contribution in [0.3, 0.4) is 0 Å². The number of anilines is 1. The van der Waals surface area contributed by atoms with Gasteiger partial charge in [-0.15, -0.1) is 0 Å². The second kappa shape index (κ2) is 7.08. The molecule has 0 amide bonds. The number of benzene rings is 2. The molecule has 0 unspecified atom stereocenters. The maximum atomic E-state index is 11.3. The molecule has 1 heterocycles. The van der Waals surface area contributed by atoms with Crippen LogP contribution in [0.15, 0.2) is 29.2 Å². The second-order valence-corrected chi connectivity index (χ2v) is 8.99. The highest BCUT2D eigenvalue weighted by Gasteiger charge is 2.21. The number of aliphatic hydroxyl groups is 1. The van der Waals surface area contributed by atoms with Gasteiger partial charge in [0.15, 0.2) is 5.13 Å². The first-order chi connectivity index (χ1) is 12.6. The molecule has 2 aromatic carbocycles. The topological polar surface area (TPSA) is 126 Å². The number of aromatic nitrogens is 1. The normalized spacial score (nSPS) is 13.1. The van der Waals surface area contributed by atoms with Crippen LogP contribution in [0.2, 0.25) is 0 Å². The molecule has 0 aliphatic heterocycles. The molecular weight excluding hydrogens is 386 g/mol. The SMILES string of the molecule is Cc1c(O)c([C@@H](C)O)c2sc(NCc3ccc(S(N)(=O)=O)cc3)nc2c1C. The van der Waals surface area contributed by atoms with E-state index in [0.717, 1.165) is 21.3 Å². The summed E-state index contributed by atoms with van der Waals surface area (Å²) in [6.07, 6.45) is -0.814. The molecule has 27 heavy (non-hydrogen) atoms. The van der Waals surface area contributed by atoms with Gasteiger partial charge in [0.2, 0.25) is 10.0 Å². The number of phenols is 1. The molecule has 3 aromatic rings. The van der Waals surface area contributed by atoms with Crippen LogP contribution in [0, 0.1) is 13.8 Å². The minimum absolute atomic E-state index is 0.0642. The predicted molar refractivity (Wildman–Crippen MR) is 107 cm³/mol. The number of primary sulfonamides is 1. The summed E-state index contributed by atoms with van der Waals surface area (Å²) in [7, 11) is -3.71. The van der Waals surface area contributed by atoms with Gasteiger partial charge in [0.25, 0.3) is 0 Å². The number of aryl methyl sites for hydroxylation is 1. The number of nitrogens with one attached hydrogen (secondary N) is 1. The van der Waals surface area contributed by atoms with E-state index in [1.165, 1.54) is 23.5 Å². The van der Waals surface area contributed by atoms with E-state index in [9.17, 15) is 18.6 Å². The minimum Gasteiger partial charge on any atom is -0.507 e. The predicted octanol–water partition coefficient (Wildman–Crippen LogP) is 2.93. The lowest BCUT2D eigenvalue weighted by Gasteiger charge is -2.13. The Kier molecular flexibility index (Phi) is 5.13. The highest BCUT2D eigenvalue weighted by molar-refractivity contribution is 7.89. The molecule has 5 N–H and O–H groups in total. The van der Waals surface area contributed by atoms with Crippen LogP contribution in [-0.4, -0.2) is 23.6 Å². The van der Waals surface area contributed by atoms with Gasteiger partial charge < -0.3 is 15.5 Å². The third-order valence-corrected chi connectivity index (χ3v) is 6.49. The zero-order valence-corrected chi connectivity index (χ0v) is 16.8. The molecule has 0 fully saturated rings. The first-order valence-corrected chi connectivity index (χ1v) is 10.6. The van der Waals surface area contributed by atoms with E-state index >= 15 is 0 Å². The zero-order chi connectivity index (χ0) is 19.9. The number of sulfonamides is 1. The molecule has 0 spiro atoms. The number of hydrogen-bond donors (Lipinski definition) is 4. The first kappa shape index (κ1) is 19.6. The van der Waals surface area contributed by atoms with Crippen molar-refractivity contribution in [2.24, 2.45) is 5.14 Å². The minimum atomic E-state index is -3.71. The molecule has 0 aliphatic carbocycles. The van der Waals surface area contributed by atoms with Crippen LogP contribution < -0.4 is 10.5 Å². The van der Waals surface area contributed by atoms with E-state index in [-0.39, 0.29) is 10.6 Å². The standard InChI is InChI=1S/C18H21N3O4S2/c1-9-10(2)16(23)14(11(3)22)17-15(9)21-18(26-17)20-8-12-4-6-13(7-5-12)27(19,24)25/h4-7,11,22-23H,8H2,1-3H3,(H,20,21)(H2,19,24,25)/t11-/m1/s1. The molecule has 7 nitrogen and oxygen atoms in total. The average molecular weight is 408 g/mol. The van der Waals surface area contributed by atoms with E-state index < -0.39 is 16.1 Å². The molecule has 0 saturated heterocycles. The molecule has 0 saturated carbocycles. The van der Waals surface area contributed by atoms with Gasteiger partial charge in [0.05, 0.1) is 21.2 Å². The van der Waals surface area contributed by atoms with Gasteiger partial charge in [-0.05, 0) is 49.6 Å². The fraction of sp³-hybridized carbons (Fsp3) is 0.278. The lowest BCUT2D eigenvalue weighted by Crippen LogP contribution is -2.12. The molecule has 3 rings (SSSR count). The summed E-state index contributed by atoms with van der Waals surface area (Å²) in [5.74, 6) is 0.101. The van der Waals surface area contributed by atoms with E-state index in [1.54, 1.807) is 26.0 Å². The largest absolute Gasteiger partial charge is 0.507 e. The number of fused-ring (bicyclic) bond motifs is 1. The Morgan fingerprint density at radius 2 is 1.85 bits per heavy atom. The van der Waals surface area contributed by atoms with Crippen molar-refractivity contribution < 1.29 is 18.6 Å². The average Bonchev–Trinajstić information content (AvgIpc) is 3.01. The van der Waals surface area contributed by atoms with Crippen molar-refractivity contribution in [2.45, 2.75) is 38.3 Å². The van der Waals surface area contributed by atoms with Gasteiger partial charge in [0.1, 0.15) is 5.75 Å². The van der Waals surface area contributed by atoms with Crippen LogP contribution >= 0.6 is 11.3 Å². The summed E-state index contributed by atoms with van der Waals surface area (Å²) < 4.78 is 23.4. The summed E-state index contributed by atoms with van der Waals surface area (Å²) in [5.41, 5.74) is 3.67. The number of nitrogens with zero attached hydrogens (tertiary/aromatic N) is 1. The van der Waals surface area contributed by atoms with Crippen molar-refractivity contribution in [3.05, 3.63) is 46.5 Å². The van der Waals surface area contributed by atoms with Crippen LogP contribution in [0.4, 0.5) is 5.13 Å². The number of thiazole rings is 1. The summed E-state index contributed by atoms with van der Waals surface area (Å²) >= 11 is 1.36. The quantitative estimate of drug-likeness (QED) is 0.515. The van der Waals surface area contributed by atoms with Gasteiger partial charge in [-0.2, -0.15) is 0 Å².